The number of rotatable bonds is 6. The summed E-state index contributed by atoms with van der Waals surface area (Å²) in [6.45, 7) is 0.375. The van der Waals surface area contributed by atoms with Gasteiger partial charge in [-0.1, -0.05) is 11.6 Å². The van der Waals surface area contributed by atoms with E-state index in [1.54, 1.807) is 12.1 Å². The third-order valence-electron chi connectivity index (χ3n) is 2.77. The minimum Gasteiger partial charge on any atom is -0.502 e. The van der Waals surface area contributed by atoms with E-state index in [0.717, 1.165) is 12.1 Å². The van der Waals surface area contributed by atoms with Crippen molar-refractivity contribution in [2.24, 2.45) is 0 Å². The van der Waals surface area contributed by atoms with Crippen molar-refractivity contribution in [3.63, 3.8) is 0 Å². The first-order valence-corrected chi connectivity index (χ1v) is 6.85. The van der Waals surface area contributed by atoms with E-state index < -0.39 is 22.3 Å². The third kappa shape index (κ3) is 4.55. The molecule has 1 amide bonds. The molecule has 0 aliphatic rings. The van der Waals surface area contributed by atoms with Gasteiger partial charge in [-0.3, -0.25) is 14.9 Å². The van der Waals surface area contributed by atoms with E-state index in [2.05, 4.69) is 10.3 Å². The van der Waals surface area contributed by atoms with E-state index in [0.29, 0.717) is 10.9 Å². The standard InChI is InChI=1S/C14H12ClN3O5/c15-10-2-4-13(17-8-10)23-6-5-16-14(20)9-1-3-11(18(21)22)12(19)7-9/h1-4,7-8,19H,5-6H2,(H,16,20). The van der Waals surface area contributed by atoms with Crippen molar-refractivity contribution < 1.29 is 19.6 Å². The zero-order chi connectivity index (χ0) is 16.8. The van der Waals surface area contributed by atoms with Crippen LogP contribution in [0.2, 0.25) is 5.02 Å². The molecule has 0 bridgehead atoms. The number of nitro groups is 1. The molecule has 1 aromatic heterocycles. The van der Waals surface area contributed by atoms with Crippen molar-refractivity contribution in [3.05, 3.63) is 57.2 Å². The molecule has 0 atom stereocenters. The van der Waals surface area contributed by atoms with Crippen molar-refractivity contribution in [2.45, 2.75) is 0 Å². The summed E-state index contributed by atoms with van der Waals surface area (Å²) in [6, 6.07) is 6.59. The number of nitrogens with one attached hydrogen (secondary N) is 1. The molecule has 0 unspecified atom stereocenters. The molecule has 0 fully saturated rings. The predicted molar refractivity (Wildman–Crippen MR) is 81.8 cm³/mol. The second-order valence-electron chi connectivity index (χ2n) is 4.38. The van der Waals surface area contributed by atoms with E-state index in [4.69, 9.17) is 16.3 Å². The molecule has 0 spiro atoms. The number of hydrogen-bond donors (Lipinski definition) is 2. The van der Waals surface area contributed by atoms with E-state index >= 15 is 0 Å². The molecule has 2 aromatic rings. The molecular weight excluding hydrogens is 326 g/mol. The molecule has 0 saturated heterocycles. The summed E-state index contributed by atoms with van der Waals surface area (Å²) in [5.41, 5.74) is -0.351. The Hall–Kier alpha value is -2.87. The highest BCUT2D eigenvalue weighted by molar-refractivity contribution is 6.30. The number of nitro benzene ring substituents is 1. The summed E-state index contributed by atoms with van der Waals surface area (Å²) in [7, 11) is 0. The number of nitrogens with zero attached hydrogens (tertiary/aromatic N) is 2. The molecule has 0 aliphatic carbocycles. The topological polar surface area (TPSA) is 115 Å². The normalized spacial score (nSPS) is 10.1. The van der Waals surface area contributed by atoms with Crippen LogP contribution in [0.25, 0.3) is 0 Å². The number of pyridine rings is 1. The Morgan fingerprint density at radius 3 is 2.78 bits per heavy atom. The largest absolute Gasteiger partial charge is 0.502 e. The molecule has 1 heterocycles. The average molecular weight is 338 g/mol. The minimum atomic E-state index is -0.732. The van der Waals surface area contributed by atoms with Gasteiger partial charge in [0.2, 0.25) is 5.88 Å². The number of hydrogen-bond acceptors (Lipinski definition) is 6. The van der Waals surface area contributed by atoms with Gasteiger partial charge in [-0.05, 0) is 18.2 Å². The van der Waals surface area contributed by atoms with Gasteiger partial charge in [0.1, 0.15) is 6.61 Å². The second kappa shape index (κ2) is 7.41. The highest BCUT2D eigenvalue weighted by Crippen LogP contribution is 2.26. The van der Waals surface area contributed by atoms with Crippen LogP contribution < -0.4 is 10.1 Å². The monoisotopic (exact) mass is 337 g/mol. The first-order chi connectivity index (χ1) is 11.0. The van der Waals surface area contributed by atoms with Crippen LogP contribution in [0.15, 0.2) is 36.5 Å². The lowest BCUT2D eigenvalue weighted by Crippen LogP contribution is -2.28. The fourth-order valence-electron chi connectivity index (χ4n) is 1.69. The number of benzene rings is 1. The number of amides is 1. The van der Waals surface area contributed by atoms with Crippen LogP contribution in [0, 0.1) is 10.1 Å². The number of carbonyl (C=O) groups excluding carboxylic acids is 1. The molecule has 9 heteroatoms. The van der Waals surface area contributed by atoms with Crippen LogP contribution in [-0.2, 0) is 0 Å². The van der Waals surface area contributed by atoms with E-state index in [9.17, 15) is 20.0 Å². The number of phenolic OH excluding ortho intramolecular Hbond substituents is 1. The quantitative estimate of drug-likeness (QED) is 0.474. The maximum Gasteiger partial charge on any atom is 0.310 e. The van der Waals surface area contributed by atoms with Crippen LogP contribution in [0.5, 0.6) is 11.6 Å². The van der Waals surface area contributed by atoms with Crippen LogP contribution >= 0.6 is 11.6 Å². The number of phenols is 1. The summed E-state index contributed by atoms with van der Waals surface area (Å²) < 4.78 is 5.30. The van der Waals surface area contributed by atoms with Gasteiger partial charge >= 0.3 is 5.69 Å². The van der Waals surface area contributed by atoms with Gasteiger partial charge in [0.05, 0.1) is 16.5 Å². The highest BCUT2D eigenvalue weighted by Gasteiger charge is 2.15. The number of ether oxygens (including phenoxy) is 1. The fourth-order valence-corrected chi connectivity index (χ4v) is 1.80. The molecule has 0 saturated carbocycles. The molecule has 23 heavy (non-hydrogen) atoms. The van der Waals surface area contributed by atoms with Gasteiger partial charge in [0.25, 0.3) is 5.91 Å². The Morgan fingerprint density at radius 2 is 2.17 bits per heavy atom. The van der Waals surface area contributed by atoms with Gasteiger partial charge in [-0.25, -0.2) is 4.98 Å². The number of carbonyl (C=O) groups is 1. The zero-order valence-electron chi connectivity index (χ0n) is 11.7. The van der Waals surface area contributed by atoms with Crippen LogP contribution in [0.1, 0.15) is 10.4 Å². The Labute approximate surface area is 135 Å². The minimum absolute atomic E-state index is 0.109. The molecule has 0 radical (unpaired) electrons. The second-order valence-corrected chi connectivity index (χ2v) is 4.82. The van der Waals surface area contributed by atoms with Crippen LogP contribution in [0.3, 0.4) is 0 Å². The van der Waals surface area contributed by atoms with Gasteiger partial charge in [-0.2, -0.15) is 0 Å². The maximum absolute atomic E-state index is 11.9. The van der Waals surface area contributed by atoms with Crippen molar-refractivity contribution in [1.29, 1.82) is 0 Å². The zero-order valence-corrected chi connectivity index (χ0v) is 12.5. The lowest BCUT2D eigenvalue weighted by Gasteiger charge is -2.07. The van der Waals surface area contributed by atoms with Gasteiger partial charge in [0, 0.05) is 23.9 Å². The van der Waals surface area contributed by atoms with Crippen LogP contribution in [-0.4, -0.2) is 34.1 Å². The summed E-state index contributed by atoms with van der Waals surface area (Å²) in [5.74, 6) is -0.677. The molecule has 1 aromatic carbocycles. The summed E-state index contributed by atoms with van der Waals surface area (Å²) >= 11 is 5.69. The Balaban J connectivity index is 1.84. The molecule has 2 rings (SSSR count). The number of aromatic nitrogens is 1. The summed E-state index contributed by atoms with van der Waals surface area (Å²) in [5, 5.41) is 23.1. The maximum atomic E-state index is 11.9. The predicted octanol–water partition coefficient (Wildman–Crippen LogP) is 2.16. The fraction of sp³-hybridized carbons (Fsp3) is 0.143. The molecule has 0 aliphatic heterocycles. The van der Waals surface area contributed by atoms with E-state index in [1.807, 2.05) is 0 Å². The SMILES string of the molecule is O=C(NCCOc1ccc(Cl)cn1)c1ccc([N+](=O)[O-])c(O)c1. The molecular formula is C14H12ClN3O5. The first-order valence-electron chi connectivity index (χ1n) is 6.47. The van der Waals surface area contributed by atoms with Gasteiger partial charge < -0.3 is 15.2 Å². The van der Waals surface area contributed by atoms with Gasteiger partial charge in [0.15, 0.2) is 5.75 Å². The van der Waals surface area contributed by atoms with Crippen molar-refractivity contribution in [3.8, 4) is 11.6 Å². The van der Waals surface area contributed by atoms with E-state index in [1.165, 1.54) is 12.3 Å². The summed E-state index contributed by atoms with van der Waals surface area (Å²) in [4.78, 5) is 25.6. The van der Waals surface area contributed by atoms with Gasteiger partial charge in [-0.15, -0.1) is 0 Å². The average Bonchev–Trinajstić information content (AvgIpc) is 2.52. The molecule has 120 valence electrons. The number of halogens is 1. The molecule has 2 N–H and O–H groups in total. The summed E-state index contributed by atoms with van der Waals surface area (Å²) in [6.07, 6.45) is 1.44. The van der Waals surface area contributed by atoms with Crippen molar-refractivity contribution >= 4 is 23.2 Å². The van der Waals surface area contributed by atoms with Crippen molar-refractivity contribution in [1.82, 2.24) is 10.3 Å². The van der Waals surface area contributed by atoms with Crippen LogP contribution in [0.4, 0.5) is 5.69 Å². The first kappa shape index (κ1) is 16.5. The highest BCUT2D eigenvalue weighted by atomic mass is 35.5. The van der Waals surface area contributed by atoms with Crippen molar-refractivity contribution in [2.75, 3.05) is 13.2 Å². The smallest absolute Gasteiger partial charge is 0.310 e. The Bertz CT molecular complexity index is 721. The Kier molecular flexibility index (Phi) is 5.32. The molecule has 8 nitrogen and oxygen atoms in total. The Morgan fingerprint density at radius 1 is 1.39 bits per heavy atom. The lowest BCUT2D eigenvalue weighted by molar-refractivity contribution is -0.385. The number of aromatic hydroxyl groups is 1. The van der Waals surface area contributed by atoms with E-state index in [-0.39, 0.29) is 18.7 Å². The third-order valence-corrected chi connectivity index (χ3v) is 3.00. The lowest BCUT2D eigenvalue weighted by atomic mass is 10.2.